The molecule has 0 spiro atoms. The topological polar surface area (TPSA) is 84.0 Å². The number of anilines is 1. The minimum absolute atomic E-state index is 0.140. The summed E-state index contributed by atoms with van der Waals surface area (Å²) in [7, 11) is 0. The first kappa shape index (κ1) is 16.1. The largest absolute Gasteiger partial charge is 0.349 e. The van der Waals surface area contributed by atoms with Crippen LogP contribution in [0.5, 0.6) is 0 Å². The van der Waals surface area contributed by atoms with Gasteiger partial charge < -0.3 is 10.6 Å². The van der Waals surface area contributed by atoms with E-state index < -0.39 is 0 Å². The van der Waals surface area contributed by atoms with Crippen LogP contribution in [0, 0.1) is 13.8 Å². The molecule has 1 heterocycles. The monoisotopic (exact) mass is 318 g/mol. The third-order valence-electron chi connectivity index (χ3n) is 3.02. The number of amides is 2. The fourth-order valence-electron chi connectivity index (χ4n) is 2.00. The van der Waals surface area contributed by atoms with Crippen molar-refractivity contribution in [3.63, 3.8) is 0 Å². The van der Waals surface area contributed by atoms with Crippen molar-refractivity contribution in [2.45, 2.75) is 33.2 Å². The average Bonchev–Trinajstić information content (AvgIpc) is 2.83. The number of nitrogens with zero attached hydrogens (tertiary/aromatic N) is 2. The summed E-state index contributed by atoms with van der Waals surface area (Å²) in [5, 5.41) is 14.5. The first-order valence-corrected chi connectivity index (χ1v) is 7.69. The highest BCUT2D eigenvalue weighted by atomic mass is 32.1. The first-order valence-electron chi connectivity index (χ1n) is 6.87. The maximum atomic E-state index is 12.1. The van der Waals surface area contributed by atoms with E-state index in [9.17, 15) is 9.59 Å². The molecule has 0 saturated carbocycles. The number of nitrogens with one attached hydrogen (secondary N) is 2. The summed E-state index contributed by atoms with van der Waals surface area (Å²) in [5.74, 6) is -0.388. The predicted molar refractivity (Wildman–Crippen MR) is 85.6 cm³/mol. The van der Waals surface area contributed by atoms with Gasteiger partial charge in [0.05, 0.1) is 12.5 Å². The van der Waals surface area contributed by atoms with Gasteiger partial charge in [0.1, 0.15) is 5.01 Å². The molecule has 2 rings (SSSR count). The summed E-state index contributed by atoms with van der Waals surface area (Å²) in [6.07, 6.45) is 0.140. The Labute approximate surface area is 133 Å². The maximum Gasteiger partial charge on any atom is 0.228 e. The summed E-state index contributed by atoms with van der Waals surface area (Å²) in [5.41, 5.74) is 2.02. The Hall–Kier alpha value is -2.28. The van der Waals surface area contributed by atoms with Crippen molar-refractivity contribution >= 4 is 28.3 Å². The van der Waals surface area contributed by atoms with Crippen molar-refractivity contribution in [1.82, 2.24) is 15.5 Å². The van der Waals surface area contributed by atoms with Gasteiger partial charge in [0.2, 0.25) is 16.9 Å². The van der Waals surface area contributed by atoms with Crippen LogP contribution in [0.25, 0.3) is 0 Å². The van der Waals surface area contributed by atoms with Crippen molar-refractivity contribution in [1.29, 1.82) is 0 Å². The summed E-state index contributed by atoms with van der Waals surface area (Å²) < 4.78 is 0. The lowest BCUT2D eigenvalue weighted by Crippen LogP contribution is -2.29. The number of rotatable bonds is 5. The fraction of sp³-hybridized carbons (Fsp3) is 0.333. The molecule has 1 aromatic carbocycles. The van der Waals surface area contributed by atoms with Crippen LogP contribution in [0.3, 0.4) is 0 Å². The molecule has 116 valence electrons. The second-order valence-corrected chi connectivity index (χ2v) is 6.22. The highest BCUT2D eigenvalue weighted by molar-refractivity contribution is 7.15. The van der Waals surface area contributed by atoms with Crippen LogP contribution in [0.4, 0.5) is 5.13 Å². The minimum Gasteiger partial charge on any atom is -0.349 e. The lowest BCUT2D eigenvalue weighted by Gasteiger charge is -2.17. The van der Waals surface area contributed by atoms with Gasteiger partial charge in [-0.15, -0.1) is 10.2 Å². The van der Waals surface area contributed by atoms with Crippen LogP contribution in [-0.4, -0.2) is 22.0 Å². The van der Waals surface area contributed by atoms with Crippen LogP contribution >= 0.6 is 11.3 Å². The lowest BCUT2D eigenvalue weighted by molar-refractivity contribution is -0.120. The molecule has 2 N–H and O–H groups in total. The quantitative estimate of drug-likeness (QED) is 0.886. The zero-order chi connectivity index (χ0) is 16.1. The zero-order valence-corrected chi connectivity index (χ0v) is 13.5. The Balaban J connectivity index is 2.07. The summed E-state index contributed by atoms with van der Waals surface area (Å²) in [4.78, 5) is 23.5. The van der Waals surface area contributed by atoms with Crippen LogP contribution in [-0.2, 0) is 9.59 Å². The number of aromatic nitrogens is 2. The van der Waals surface area contributed by atoms with Gasteiger partial charge in [-0.05, 0) is 19.4 Å². The Kier molecular flexibility index (Phi) is 5.21. The van der Waals surface area contributed by atoms with Crippen LogP contribution in [0.1, 0.15) is 35.5 Å². The van der Waals surface area contributed by atoms with E-state index in [-0.39, 0.29) is 24.3 Å². The zero-order valence-electron chi connectivity index (χ0n) is 12.7. The molecule has 0 saturated heterocycles. The van der Waals surface area contributed by atoms with Gasteiger partial charge in [0.15, 0.2) is 0 Å². The third-order valence-corrected chi connectivity index (χ3v) is 3.77. The van der Waals surface area contributed by atoms with Crippen LogP contribution < -0.4 is 10.6 Å². The van der Waals surface area contributed by atoms with Crippen molar-refractivity contribution in [3.05, 3.63) is 40.4 Å². The molecule has 1 atom stereocenters. The molecule has 0 radical (unpaired) electrons. The highest BCUT2D eigenvalue weighted by Gasteiger charge is 2.18. The molecule has 7 heteroatoms. The Morgan fingerprint density at radius 1 is 1.18 bits per heavy atom. The summed E-state index contributed by atoms with van der Waals surface area (Å²) >= 11 is 1.31. The highest BCUT2D eigenvalue weighted by Crippen LogP contribution is 2.20. The van der Waals surface area contributed by atoms with E-state index in [0.29, 0.717) is 5.13 Å². The second kappa shape index (κ2) is 7.13. The van der Waals surface area contributed by atoms with E-state index in [0.717, 1.165) is 16.1 Å². The van der Waals surface area contributed by atoms with Gasteiger partial charge in [-0.25, -0.2) is 0 Å². The van der Waals surface area contributed by atoms with Gasteiger partial charge in [0, 0.05) is 6.92 Å². The molecule has 0 aliphatic carbocycles. The smallest absolute Gasteiger partial charge is 0.228 e. The van der Waals surface area contributed by atoms with Gasteiger partial charge >= 0.3 is 0 Å². The molecule has 0 unspecified atom stereocenters. The molecule has 1 aromatic heterocycles. The third kappa shape index (κ3) is 4.63. The first-order chi connectivity index (χ1) is 10.4. The van der Waals surface area contributed by atoms with E-state index >= 15 is 0 Å². The molecular weight excluding hydrogens is 300 g/mol. The number of hydrogen-bond donors (Lipinski definition) is 2. The van der Waals surface area contributed by atoms with E-state index in [1.54, 1.807) is 0 Å². The number of benzene rings is 1. The van der Waals surface area contributed by atoms with Gasteiger partial charge in [-0.2, -0.15) is 0 Å². The molecule has 6 nitrogen and oxygen atoms in total. The molecular formula is C15H18N4O2S. The molecule has 0 bridgehead atoms. The molecule has 22 heavy (non-hydrogen) atoms. The lowest BCUT2D eigenvalue weighted by atomic mass is 10.0. The molecule has 0 fully saturated rings. The number of carbonyl (C=O) groups excluding carboxylic acids is 2. The van der Waals surface area contributed by atoms with Gasteiger partial charge in [0.25, 0.3) is 0 Å². The molecule has 2 amide bonds. The Morgan fingerprint density at radius 2 is 1.86 bits per heavy atom. The molecule has 0 aliphatic heterocycles. The normalized spacial score (nSPS) is 11.8. The fourth-order valence-corrected chi connectivity index (χ4v) is 2.61. The van der Waals surface area contributed by atoms with E-state index in [1.807, 2.05) is 38.1 Å². The van der Waals surface area contributed by atoms with Crippen molar-refractivity contribution in [2.24, 2.45) is 0 Å². The van der Waals surface area contributed by atoms with E-state index in [1.165, 1.54) is 18.3 Å². The number of carbonyl (C=O) groups is 2. The van der Waals surface area contributed by atoms with E-state index in [2.05, 4.69) is 20.8 Å². The van der Waals surface area contributed by atoms with Crippen LogP contribution in [0.15, 0.2) is 24.3 Å². The number of hydrogen-bond acceptors (Lipinski definition) is 5. The minimum atomic E-state index is -0.368. The number of aryl methyl sites for hydroxylation is 2. The Morgan fingerprint density at radius 3 is 2.41 bits per heavy atom. The van der Waals surface area contributed by atoms with Crippen molar-refractivity contribution < 1.29 is 9.59 Å². The Bertz CT molecular complexity index is 666. The summed E-state index contributed by atoms with van der Waals surface area (Å²) in [6.45, 7) is 5.24. The van der Waals surface area contributed by atoms with Crippen molar-refractivity contribution in [3.8, 4) is 0 Å². The molecule has 0 aliphatic rings. The van der Waals surface area contributed by atoms with Crippen molar-refractivity contribution in [2.75, 3.05) is 5.32 Å². The van der Waals surface area contributed by atoms with E-state index in [4.69, 9.17) is 0 Å². The SMILES string of the molecule is CC(=O)N[C@@H](CC(=O)Nc1nnc(C)s1)c1ccc(C)cc1. The van der Waals surface area contributed by atoms with Crippen LogP contribution in [0.2, 0.25) is 0 Å². The van der Waals surface area contributed by atoms with Gasteiger partial charge in [-0.3, -0.25) is 9.59 Å². The summed E-state index contributed by atoms with van der Waals surface area (Å²) in [6, 6.07) is 7.37. The predicted octanol–water partition coefficient (Wildman–Crippen LogP) is 2.36. The second-order valence-electron chi connectivity index (χ2n) is 5.04. The molecule has 2 aromatic rings. The standard InChI is InChI=1S/C15H18N4O2S/c1-9-4-6-12(7-5-9)13(16-10(2)20)8-14(21)17-15-19-18-11(3)22-15/h4-7,13H,8H2,1-3H3,(H,16,20)(H,17,19,21)/t13-/m0/s1. The van der Waals surface area contributed by atoms with Gasteiger partial charge in [-0.1, -0.05) is 41.2 Å². The average molecular weight is 318 g/mol. The maximum absolute atomic E-state index is 12.1.